The summed E-state index contributed by atoms with van der Waals surface area (Å²) in [6.07, 6.45) is 7.75. The first-order valence-electron chi connectivity index (χ1n) is 9.07. The van der Waals surface area contributed by atoms with Crippen LogP contribution in [0.2, 0.25) is 0 Å². The van der Waals surface area contributed by atoms with Crippen molar-refractivity contribution in [3.63, 3.8) is 0 Å². The van der Waals surface area contributed by atoms with Crippen LogP contribution in [0.4, 0.5) is 17.5 Å². The molecule has 0 aliphatic heterocycles. The monoisotopic (exact) mass is 324 g/mol. The summed E-state index contributed by atoms with van der Waals surface area (Å²) in [6.45, 7) is 6.29. The highest BCUT2D eigenvalue weighted by atomic mass is 15.2. The number of aryl methyl sites for hydroxylation is 2. The Bertz CT molecular complexity index is 688. The zero-order valence-corrected chi connectivity index (χ0v) is 15.0. The Morgan fingerprint density at radius 3 is 2.46 bits per heavy atom. The van der Waals surface area contributed by atoms with Crippen molar-refractivity contribution in [2.24, 2.45) is 0 Å². The zero-order chi connectivity index (χ0) is 16.9. The molecule has 4 nitrogen and oxygen atoms in total. The van der Waals surface area contributed by atoms with Gasteiger partial charge in [0.1, 0.15) is 5.82 Å². The molecule has 1 fully saturated rings. The number of hydrogen-bond acceptors (Lipinski definition) is 4. The van der Waals surface area contributed by atoms with Crippen LogP contribution in [0, 0.1) is 20.8 Å². The fraction of sp³-hybridized carbons (Fsp3) is 0.500. The molecule has 1 aromatic carbocycles. The van der Waals surface area contributed by atoms with Gasteiger partial charge in [-0.3, -0.25) is 0 Å². The lowest BCUT2D eigenvalue weighted by Gasteiger charge is -2.17. The first kappa shape index (κ1) is 16.7. The first-order valence-corrected chi connectivity index (χ1v) is 9.07. The van der Waals surface area contributed by atoms with Gasteiger partial charge in [-0.15, -0.1) is 0 Å². The molecule has 4 heteroatoms. The second-order valence-corrected chi connectivity index (χ2v) is 6.92. The summed E-state index contributed by atoms with van der Waals surface area (Å²) in [5, 5.41) is 7.00. The van der Waals surface area contributed by atoms with E-state index in [0.29, 0.717) is 6.04 Å². The minimum atomic E-state index is 0.503. The fourth-order valence-corrected chi connectivity index (χ4v) is 3.33. The van der Waals surface area contributed by atoms with Crippen molar-refractivity contribution < 1.29 is 0 Å². The Morgan fingerprint density at radius 2 is 1.71 bits per heavy atom. The third-order valence-corrected chi connectivity index (χ3v) is 4.91. The lowest BCUT2D eigenvalue weighted by atomic mass is 10.1. The molecule has 0 atom stereocenters. The quantitative estimate of drug-likeness (QED) is 0.751. The highest BCUT2D eigenvalue weighted by Crippen LogP contribution is 2.24. The molecule has 0 bridgehead atoms. The topological polar surface area (TPSA) is 49.8 Å². The molecular formula is C20H28N4. The summed E-state index contributed by atoms with van der Waals surface area (Å²) < 4.78 is 0. The summed E-state index contributed by atoms with van der Waals surface area (Å²) in [7, 11) is 0. The van der Waals surface area contributed by atoms with Gasteiger partial charge in [0, 0.05) is 23.5 Å². The number of nitrogens with zero attached hydrogens (tertiary/aromatic N) is 2. The van der Waals surface area contributed by atoms with Crippen LogP contribution in [0.15, 0.2) is 24.3 Å². The van der Waals surface area contributed by atoms with Gasteiger partial charge in [0.25, 0.3) is 0 Å². The van der Waals surface area contributed by atoms with Crippen molar-refractivity contribution >= 4 is 17.5 Å². The number of aromatic nitrogens is 2. The SMILES string of the molecule is Cc1cc(Nc2cccc(C)c2C)nc(NC2CCCCCC2)n1. The number of anilines is 3. The average Bonchev–Trinajstić information content (AvgIpc) is 2.80. The van der Waals surface area contributed by atoms with E-state index in [1.807, 2.05) is 13.0 Å². The van der Waals surface area contributed by atoms with E-state index in [2.05, 4.69) is 47.7 Å². The molecule has 24 heavy (non-hydrogen) atoms. The molecule has 0 spiro atoms. The maximum atomic E-state index is 4.69. The maximum absolute atomic E-state index is 4.69. The van der Waals surface area contributed by atoms with Crippen molar-refractivity contribution in [3.05, 3.63) is 41.1 Å². The molecule has 2 N–H and O–H groups in total. The molecule has 1 saturated carbocycles. The molecule has 0 unspecified atom stereocenters. The van der Waals surface area contributed by atoms with E-state index < -0.39 is 0 Å². The van der Waals surface area contributed by atoms with Crippen LogP contribution >= 0.6 is 0 Å². The Kier molecular flexibility index (Phi) is 5.34. The van der Waals surface area contributed by atoms with Crippen molar-refractivity contribution in [2.45, 2.75) is 65.3 Å². The summed E-state index contributed by atoms with van der Waals surface area (Å²) in [5.74, 6) is 1.60. The van der Waals surface area contributed by atoms with Crippen molar-refractivity contribution in [2.75, 3.05) is 10.6 Å². The Labute approximate surface area is 145 Å². The van der Waals surface area contributed by atoms with Crippen molar-refractivity contribution in [1.82, 2.24) is 9.97 Å². The van der Waals surface area contributed by atoms with E-state index in [1.54, 1.807) is 0 Å². The smallest absolute Gasteiger partial charge is 0.225 e. The van der Waals surface area contributed by atoms with Crippen LogP contribution in [0.5, 0.6) is 0 Å². The number of nitrogens with one attached hydrogen (secondary N) is 2. The summed E-state index contributed by atoms with van der Waals surface area (Å²) in [6, 6.07) is 8.80. The van der Waals surface area contributed by atoms with Gasteiger partial charge in [0.05, 0.1) is 0 Å². The molecule has 3 rings (SSSR count). The van der Waals surface area contributed by atoms with Gasteiger partial charge >= 0.3 is 0 Å². The fourth-order valence-electron chi connectivity index (χ4n) is 3.33. The molecule has 0 saturated heterocycles. The van der Waals surface area contributed by atoms with Crippen LogP contribution in [-0.2, 0) is 0 Å². The predicted molar refractivity (Wildman–Crippen MR) is 101 cm³/mol. The number of hydrogen-bond donors (Lipinski definition) is 2. The van der Waals surface area contributed by atoms with Crippen LogP contribution in [0.1, 0.15) is 55.3 Å². The van der Waals surface area contributed by atoms with E-state index in [0.717, 1.165) is 23.1 Å². The highest BCUT2D eigenvalue weighted by Gasteiger charge is 2.14. The normalized spacial score (nSPS) is 15.8. The number of rotatable bonds is 4. The third-order valence-electron chi connectivity index (χ3n) is 4.91. The Morgan fingerprint density at radius 1 is 0.958 bits per heavy atom. The van der Waals surface area contributed by atoms with Gasteiger partial charge in [0.2, 0.25) is 5.95 Å². The molecule has 2 aromatic rings. The second kappa shape index (κ2) is 7.65. The lowest BCUT2D eigenvalue weighted by Crippen LogP contribution is -2.20. The van der Waals surface area contributed by atoms with Gasteiger partial charge in [-0.1, -0.05) is 37.8 Å². The predicted octanol–water partition coefficient (Wildman–Crippen LogP) is 5.28. The summed E-state index contributed by atoms with van der Waals surface area (Å²) >= 11 is 0. The minimum absolute atomic E-state index is 0.503. The van der Waals surface area contributed by atoms with Gasteiger partial charge in [-0.25, -0.2) is 4.98 Å². The standard InChI is InChI=1S/C20H28N4/c1-14-9-8-12-18(16(14)3)23-19-13-15(2)21-20(24-19)22-17-10-6-4-5-7-11-17/h8-9,12-13,17H,4-7,10-11H2,1-3H3,(H2,21,22,23,24). The van der Waals surface area contributed by atoms with Gasteiger partial charge in [-0.2, -0.15) is 4.98 Å². The van der Waals surface area contributed by atoms with Crippen LogP contribution in [0.25, 0.3) is 0 Å². The van der Waals surface area contributed by atoms with Crippen LogP contribution in [0.3, 0.4) is 0 Å². The van der Waals surface area contributed by atoms with E-state index >= 15 is 0 Å². The summed E-state index contributed by atoms with van der Waals surface area (Å²) in [5.41, 5.74) is 4.62. The van der Waals surface area contributed by atoms with Gasteiger partial charge in [-0.05, 0) is 50.8 Å². The van der Waals surface area contributed by atoms with Gasteiger partial charge in [0.15, 0.2) is 0 Å². The maximum Gasteiger partial charge on any atom is 0.225 e. The second-order valence-electron chi connectivity index (χ2n) is 6.92. The molecule has 1 heterocycles. The summed E-state index contributed by atoms with van der Waals surface area (Å²) in [4.78, 5) is 9.27. The molecule has 1 aliphatic rings. The highest BCUT2D eigenvalue weighted by molar-refractivity contribution is 5.62. The Hall–Kier alpha value is -2.10. The average molecular weight is 324 g/mol. The zero-order valence-electron chi connectivity index (χ0n) is 15.0. The lowest BCUT2D eigenvalue weighted by molar-refractivity contribution is 0.614. The van der Waals surface area contributed by atoms with Gasteiger partial charge < -0.3 is 10.6 Å². The van der Waals surface area contributed by atoms with Crippen molar-refractivity contribution in [1.29, 1.82) is 0 Å². The first-order chi connectivity index (χ1) is 11.6. The van der Waals surface area contributed by atoms with Crippen LogP contribution in [-0.4, -0.2) is 16.0 Å². The molecule has 0 amide bonds. The molecular weight excluding hydrogens is 296 g/mol. The van der Waals surface area contributed by atoms with E-state index in [4.69, 9.17) is 4.98 Å². The third kappa shape index (κ3) is 4.25. The Balaban J connectivity index is 1.77. The molecule has 0 radical (unpaired) electrons. The molecule has 128 valence electrons. The van der Waals surface area contributed by atoms with E-state index in [9.17, 15) is 0 Å². The van der Waals surface area contributed by atoms with Crippen LogP contribution < -0.4 is 10.6 Å². The molecule has 1 aromatic heterocycles. The van der Waals surface area contributed by atoms with E-state index in [-0.39, 0.29) is 0 Å². The molecule has 1 aliphatic carbocycles. The van der Waals surface area contributed by atoms with E-state index in [1.165, 1.54) is 49.7 Å². The van der Waals surface area contributed by atoms with Crippen molar-refractivity contribution in [3.8, 4) is 0 Å². The number of benzene rings is 1. The largest absolute Gasteiger partial charge is 0.351 e. The minimum Gasteiger partial charge on any atom is -0.351 e.